The van der Waals surface area contributed by atoms with Crippen LogP contribution < -0.4 is 29.9 Å². The lowest BCUT2D eigenvalue weighted by atomic mass is 10.0. The number of hydrogen-bond donors (Lipinski definition) is 2. The highest BCUT2D eigenvalue weighted by molar-refractivity contribution is 7.99. The summed E-state index contributed by atoms with van der Waals surface area (Å²) in [7, 11) is -2.91. The summed E-state index contributed by atoms with van der Waals surface area (Å²) in [5.74, 6) is 2.23. The SMILES string of the molecule is CCN(CC)c1ccc(N=Nc2snc3scc(OC)c23)c(Nc2nc(Nc3cc(N(CC)CC)ccc3N=Nc3snc4scc(OC)c34)nc(SC3CCCCC3)n2)c1.O=S(=O)=O.O=S(=O)=O. The molecule has 8 rings (SSSR count). The number of azo groups is 2. The van der Waals surface area contributed by atoms with E-state index in [0.29, 0.717) is 55.1 Å². The number of benzene rings is 2. The fourth-order valence-corrected chi connectivity index (χ4v) is 11.8. The molecule has 0 radical (unpaired) electrons. The van der Waals surface area contributed by atoms with Gasteiger partial charge in [0.1, 0.15) is 32.5 Å². The normalized spacial score (nSPS) is 12.7. The zero-order chi connectivity index (χ0) is 49.5. The molecule has 0 saturated heterocycles. The highest BCUT2D eigenvalue weighted by Crippen LogP contribution is 2.45. The van der Waals surface area contributed by atoms with Crippen LogP contribution in [0.2, 0.25) is 0 Å². The summed E-state index contributed by atoms with van der Waals surface area (Å²) in [5, 5.41) is 34.0. The number of rotatable bonds is 18. The second-order valence-corrected chi connectivity index (χ2v) is 19.7. The molecule has 0 unspecified atom stereocenters. The summed E-state index contributed by atoms with van der Waals surface area (Å²) >= 11 is 7.35. The Kier molecular flexibility index (Phi) is 19.6. The number of methoxy groups -OCH3 is 2. The molecule has 28 heteroatoms. The molecule has 0 spiro atoms. The number of ether oxygens (including phenoxy) is 2. The Morgan fingerprint density at radius 2 is 1.06 bits per heavy atom. The molecular weight excluding hydrogens is 1030 g/mol. The van der Waals surface area contributed by atoms with Crippen molar-refractivity contribution in [2.75, 3.05) is 60.8 Å². The first-order chi connectivity index (χ1) is 33.4. The van der Waals surface area contributed by atoms with Crippen LogP contribution >= 0.6 is 57.5 Å². The Morgan fingerprint density at radius 1 is 0.638 bits per heavy atom. The molecule has 0 aliphatic heterocycles. The van der Waals surface area contributed by atoms with Crippen molar-refractivity contribution in [1.82, 2.24) is 23.7 Å². The van der Waals surface area contributed by atoms with E-state index in [1.807, 2.05) is 22.9 Å². The predicted molar refractivity (Wildman–Crippen MR) is 275 cm³/mol. The number of thiophene rings is 2. The summed E-state index contributed by atoms with van der Waals surface area (Å²) in [5.41, 5.74) is 4.73. The molecule has 5 heterocycles. The molecule has 21 nitrogen and oxygen atoms in total. The minimum absolute atomic E-state index is 0.378. The van der Waals surface area contributed by atoms with E-state index in [1.54, 1.807) is 26.0 Å². The molecule has 2 N–H and O–H groups in total. The van der Waals surface area contributed by atoms with Gasteiger partial charge in [-0.1, -0.05) is 31.0 Å². The van der Waals surface area contributed by atoms with Gasteiger partial charge >= 0.3 is 21.2 Å². The van der Waals surface area contributed by atoms with Crippen LogP contribution in [0.4, 0.5) is 56.0 Å². The quantitative estimate of drug-likeness (QED) is 0.0756. The molecule has 1 fully saturated rings. The van der Waals surface area contributed by atoms with E-state index in [1.165, 1.54) is 65.0 Å². The van der Waals surface area contributed by atoms with Crippen molar-refractivity contribution in [3.8, 4) is 11.5 Å². The first-order valence-electron chi connectivity index (χ1n) is 21.3. The zero-order valence-corrected chi connectivity index (χ0v) is 43.8. The van der Waals surface area contributed by atoms with Crippen molar-refractivity contribution in [3.63, 3.8) is 0 Å². The molecule has 1 aliphatic carbocycles. The molecule has 5 aromatic heterocycles. The molecule has 0 atom stereocenters. The van der Waals surface area contributed by atoms with Crippen LogP contribution in [0.5, 0.6) is 11.5 Å². The number of hydrogen-bond acceptors (Lipinski definition) is 26. The molecule has 0 bridgehead atoms. The molecule has 366 valence electrons. The topological polar surface area (TPSA) is 265 Å². The van der Waals surface area contributed by atoms with Crippen LogP contribution in [0.15, 0.2) is 72.8 Å². The maximum Gasteiger partial charge on any atom is 0.425 e. The minimum atomic E-state index is -3.11. The third kappa shape index (κ3) is 14.2. The summed E-state index contributed by atoms with van der Waals surface area (Å²) in [4.78, 5) is 21.3. The summed E-state index contributed by atoms with van der Waals surface area (Å²) in [6.07, 6.45) is 5.89. The van der Waals surface area contributed by atoms with Gasteiger partial charge < -0.3 is 29.9 Å². The van der Waals surface area contributed by atoms with Crippen LogP contribution in [0, 0.1) is 0 Å². The monoisotopic (exact) mass is 1070 g/mol. The standard InChI is InChI=1S/C41H47N13O2S5.2O3S/c1-7-53(8-2)24-16-18-27(47-49-35-33-31(55-5)22-57-37(33)51-60-35)29(20-24)42-39-44-40(46-41(45-39)59-26-14-12-11-13-15-26)43-30-21-25(54(9-3)10-4)17-19-28(30)48-50-36-34-32(56-6)23-58-38(34)52-61-36;2*1-4(2)3/h16-23,26H,7-15H2,1-6H3,(H2,42,43,44,45,46);;. The second-order valence-electron chi connectivity index (χ2n) is 14.4. The summed E-state index contributed by atoms with van der Waals surface area (Å²) in [6, 6.07) is 12.2. The van der Waals surface area contributed by atoms with E-state index in [0.717, 1.165) is 82.3 Å². The largest absolute Gasteiger partial charge is 0.495 e. The molecule has 69 heavy (non-hydrogen) atoms. The van der Waals surface area contributed by atoms with Gasteiger partial charge in [0.2, 0.25) is 11.9 Å². The van der Waals surface area contributed by atoms with Crippen LogP contribution in [0.3, 0.4) is 0 Å². The van der Waals surface area contributed by atoms with Crippen LogP contribution in [-0.4, -0.2) is 94.6 Å². The van der Waals surface area contributed by atoms with Gasteiger partial charge in [-0.2, -0.15) is 23.7 Å². The Morgan fingerprint density at radius 3 is 1.45 bits per heavy atom. The van der Waals surface area contributed by atoms with E-state index in [-0.39, 0.29) is 0 Å². The lowest BCUT2D eigenvalue weighted by Crippen LogP contribution is -2.21. The smallest absolute Gasteiger partial charge is 0.425 e. The van der Waals surface area contributed by atoms with Gasteiger partial charge in [0.25, 0.3) is 0 Å². The van der Waals surface area contributed by atoms with Crippen molar-refractivity contribution in [3.05, 3.63) is 47.2 Å². The Balaban J connectivity index is 0.000000908. The number of fused-ring (bicyclic) bond motifs is 2. The first kappa shape index (κ1) is 52.6. The molecule has 7 aromatic rings. The fraction of sp³-hybridized carbons (Fsp3) is 0.390. The molecular formula is C41H47N13O8S7. The third-order valence-corrected chi connectivity index (χ3v) is 15.0. The van der Waals surface area contributed by atoms with E-state index in [4.69, 9.17) is 59.9 Å². The van der Waals surface area contributed by atoms with Gasteiger partial charge in [-0.25, -0.2) is 0 Å². The number of aromatic nitrogens is 5. The van der Waals surface area contributed by atoms with Gasteiger partial charge in [0.05, 0.1) is 36.4 Å². The maximum atomic E-state index is 8.44. The lowest BCUT2D eigenvalue weighted by Gasteiger charge is -2.23. The van der Waals surface area contributed by atoms with Gasteiger partial charge in [-0.3, -0.25) is 0 Å². The first-order valence-corrected chi connectivity index (χ1v) is 27.5. The van der Waals surface area contributed by atoms with Crippen LogP contribution in [-0.2, 0) is 21.2 Å². The average Bonchev–Trinajstić information content (AvgIpc) is 4.13. The van der Waals surface area contributed by atoms with Crippen molar-refractivity contribution in [1.29, 1.82) is 0 Å². The fourth-order valence-electron chi connectivity index (χ4n) is 7.18. The minimum Gasteiger partial charge on any atom is -0.495 e. The van der Waals surface area contributed by atoms with Gasteiger partial charge in [0, 0.05) is 53.6 Å². The Labute approximate surface area is 421 Å². The van der Waals surface area contributed by atoms with E-state index in [9.17, 15) is 0 Å². The lowest BCUT2D eigenvalue weighted by molar-refractivity contribution is 0.421. The summed E-state index contributed by atoms with van der Waals surface area (Å²) in [6.45, 7) is 12.0. The van der Waals surface area contributed by atoms with Gasteiger partial charge in [0.15, 0.2) is 15.2 Å². The molecule has 1 aliphatic rings. The zero-order valence-electron chi connectivity index (χ0n) is 38.1. The van der Waals surface area contributed by atoms with Crippen LogP contribution in [0.25, 0.3) is 20.4 Å². The van der Waals surface area contributed by atoms with Crippen molar-refractivity contribution >= 4 is 155 Å². The predicted octanol–water partition coefficient (Wildman–Crippen LogP) is 11.7. The highest BCUT2D eigenvalue weighted by Gasteiger charge is 2.21. The number of nitrogens with one attached hydrogen (secondary N) is 2. The van der Waals surface area contributed by atoms with E-state index in [2.05, 4.69) is 91.4 Å². The van der Waals surface area contributed by atoms with Gasteiger partial charge in [-0.05, 0) is 100.0 Å². The number of anilines is 6. The molecule has 2 aromatic carbocycles. The number of nitrogens with zero attached hydrogens (tertiary/aromatic N) is 11. The van der Waals surface area contributed by atoms with E-state index < -0.39 is 21.2 Å². The Bertz CT molecular complexity index is 2920. The van der Waals surface area contributed by atoms with Crippen molar-refractivity contribution < 1.29 is 34.7 Å². The Hall–Kier alpha value is -5.78. The van der Waals surface area contributed by atoms with Gasteiger partial charge in [-0.15, -0.1) is 68.4 Å². The number of thioether (sulfide) groups is 1. The van der Waals surface area contributed by atoms with Crippen molar-refractivity contribution in [2.45, 2.75) is 70.2 Å². The maximum absolute atomic E-state index is 8.44. The molecule has 1 saturated carbocycles. The highest BCUT2D eigenvalue weighted by atomic mass is 32.2. The second kappa shape index (κ2) is 25.7. The summed E-state index contributed by atoms with van der Waals surface area (Å²) < 4.78 is 71.0. The average molecular weight is 1070 g/mol. The molecule has 0 amide bonds. The van der Waals surface area contributed by atoms with Crippen molar-refractivity contribution in [2.24, 2.45) is 20.5 Å². The van der Waals surface area contributed by atoms with E-state index >= 15 is 0 Å². The van der Waals surface area contributed by atoms with Crippen LogP contribution in [0.1, 0.15) is 59.8 Å². The third-order valence-electron chi connectivity index (χ3n) is 10.4.